The van der Waals surface area contributed by atoms with Gasteiger partial charge in [0.2, 0.25) is 0 Å². The number of aldehydes is 1. The summed E-state index contributed by atoms with van der Waals surface area (Å²) < 4.78 is 0. The topological polar surface area (TPSA) is 34.1 Å². The SMILES string of the molecule is O=CC(Br)C(=O)c1ccccc1. The highest BCUT2D eigenvalue weighted by molar-refractivity contribution is 9.10. The molecule has 0 amide bonds. The molecule has 62 valence electrons. The van der Waals surface area contributed by atoms with Crippen LogP contribution in [0.3, 0.4) is 0 Å². The van der Waals surface area contributed by atoms with Crippen LogP contribution in [0.2, 0.25) is 0 Å². The Hall–Kier alpha value is -0.960. The van der Waals surface area contributed by atoms with Crippen molar-refractivity contribution in [1.29, 1.82) is 0 Å². The smallest absolute Gasteiger partial charge is 0.183 e. The number of hydrogen-bond acceptors (Lipinski definition) is 2. The number of rotatable bonds is 3. The summed E-state index contributed by atoms with van der Waals surface area (Å²) in [6.07, 6.45) is 0.579. The van der Waals surface area contributed by atoms with Crippen LogP contribution in [0.25, 0.3) is 0 Å². The summed E-state index contributed by atoms with van der Waals surface area (Å²) in [5, 5.41) is 0. The van der Waals surface area contributed by atoms with Gasteiger partial charge in [-0.3, -0.25) is 4.79 Å². The zero-order valence-corrected chi connectivity index (χ0v) is 7.82. The second-order valence-electron chi connectivity index (χ2n) is 2.27. The maximum atomic E-state index is 11.3. The van der Waals surface area contributed by atoms with Crippen LogP contribution < -0.4 is 0 Å². The van der Waals surface area contributed by atoms with E-state index in [0.717, 1.165) is 0 Å². The van der Waals surface area contributed by atoms with Gasteiger partial charge >= 0.3 is 0 Å². The van der Waals surface area contributed by atoms with Crippen LogP contribution in [0.4, 0.5) is 0 Å². The van der Waals surface area contributed by atoms with Crippen LogP contribution in [0, 0.1) is 0 Å². The van der Waals surface area contributed by atoms with Crippen LogP contribution in [0.1, 0.15) is 10.4 Å². The summed E-state index contributed by atoms with van der Waals surface area (Å²) in [4.78, 5) is 20.8. The third kappa shape index (κ3) is 2.01. The van der Waals surface area contributed by atoms with Crippen molar-refractivity contribution in [2.75, 3.05) is 0 Å². The van der Waals surface area contributed by atoms with Gasteiger partial charge in [0.25, 0.3) is 0 Å². The van der Waals surface area contributed by atoms with Gasteiger partial charge in [0.1, 0.15) is 11.1 Å². The second kappa shape index (κ2) is 4.16. The Morgan fingerprint density at radius 2 is 1.92 bits per heavy atom. The molecule has 0 heterocycles. The van der Waals surface area contributed by atoms with Crippen LogP contribution in [0.5, 0.6) is 0 Å². The van der Waals surface area contributed by atoms with Crippen molar-refractivity contribution in [3.63, 3.8) is 0 Å². The Kier molecular flexibility index (Phi) is 3.17. The molecule has 1 rings (SSSR count). The van der Waals surface area contributed by atoms with Crippen molar-refractivity contribution in [2.45, 2.75) is 4.83 Å². The van der Waals surface area contributed by atoms with Gasteiger partial charge in [0.15, 0.2) is 5.78 Å². The molecule has 1 aromatic rings. The molecule has 0 spiro atoms. The van der Waals surface area contributed by atoms with Crippen molar-refractivity contribution >= 4 is 28.0 Å². The molecule has 0 radical (unpaired) electrons. The first-order chi connectivity index (χ1) is 5.75. The zero-order valence-electron chi connectivity index (χ0n) is 6.24. The van der Waals surface area contributed by atoms with Crippen LogP contribution in [-0.2, 0) is 4.79 Å². The number of carbonyl (C=O) groups is 2. The monoisotopic (exact) mass is 226 g/mol. The molecule has 0 aliphatic carbocycles. The Balaban J connectivity index is 2.85. The van der Waals surface area contributed by atoms with Gasteiger partial charge in [-0.2, -0.15) is 0 Å². The minimum absolute atomic E-state index is 0.203. The summed E-state index contributed by atoms with van der Waals surface area (Å²) in [6, 6.07) is 8.70. The highest BCUT2D eigenvalue weighted by atomic mass is 79.9. The van der Waals surface area contributed by atoms with Crippen molar-refractivity contribution in [3.05, 3.63) is 35.9 Å². The van der Waals surface area contributed by atoms with Crippen LogP contribution in [-0.4, -0.2) is 16.9 Å². The van der Waals surface area contributed by atoms with E-state index in [1.807, 2.05) is 6.07 Å². The molecule has 1 unspecified atom stereocenters. The lowest BCUT2D eigenvalue weighted by Crippen LogP contribution is -2.14. The lowest BCUT2D eigenvalue weighted by Gasteiger charge is -1.99. The molecule has 3 heteroatoms. The summed E-state index contributed by atoms with van der Waals surface area (Å²) in [6.45, 7) is 0. The quantitative estimate of drug-likeness (QED) is 0.341. The van der Waals surface area contributed by atoms with Crippen LogP contribution >= 0.6 is 15.9 Å². The summed E-state index contributed by atoms with van der Waals surface area (Å²) in [5.74, 6) is -0.203. The van der Waals surface area contributed by atoms with E-state index >= 15 is 0 Å². The van der Waals surface area contributed by atoms with E-state index < -0.39 is 4.83 Å². The molecule has 1 atom stereocenters. The Bertz CT molecular complexity index is 282. The van der Waals surface area contributed by atoms with Crippen molar-refractivity contribution < 1.29 is 9.59 Å². The first-order valence-corrected chi connectivity index (χ1v) is 4.36. The Morgan fingerprint density at radius 3 is 2.42 bits per heavy atom. The molecule has 0 aliphatic rings. The highest BCUT2D eigenvalue weighted by Gasteiger charge is 2.14. The van der Waals surface area contributed by atoms with Gasteiger partial charge in [-0.25, -0.2) is 0 Å². The van der Waals surface area contributed by atoms with Gasteiger partial charge in [0.05, 0.1) is 0 Å². The number of alkyl halides is 1. The minimum atomic E-state index is -0.722. The Labute approximate surface area is 78.7 Å². The van der Waals surface area contributed by atoms with E-state index in [2.05, 4.69) is 15.9 Å². The first kappa shape index (κ1) is 9.13. The van der Waals surface area contributed by atoms with E-state index in [4.69, 9.17) is 0 Å². The fraction of sp³-hybridized carbons (Fsp3) is 0.111. The van der Waals surface area contributed by atoms with E-state index in [1.54, 1.807) is 24.3 Å². The number of halogens is 1. The third-order valence-electron chi connectivity index (χ3n) is 1.43. The fourth-order valence-electron chi connectivity index (χ4n) is 0.823. The average molecular weight is 227 g/mol. The molecular weight excluding hydrogens is 220 g/mol. The number of ketones is 1. The van der Waals surface area contributed by atoms with E-state index in [0.29, 0.717) is 11.8 Å². The third-order valence-corrected chi connectivity index (χ3v) is 2.06. The number of carbonyl (C=O) groups excluding carboxylic acids is 2. The fourth-order valence-corrected chi connectivity index (χ4v) is 1.09. The van der Waals surface area contributed by atoms with Crippen molar-refractivity contribution in [3.8, 4) is 0 Å². The van der Waals surface area contributed by atoms with E-state index in [1.165, 1.54) is 0 Å². The lowest BCUT2D eigenvalue weighted by atomic mass is 10.1. The highest BCUT2D eigenvalue weighted by Crippen LogP contribution is 2.07. The molecule has 0 fully saturated rings. The molecule has 0 saturated heterocycles. The molecule has 12 heavy (non-hydrogen) atoms. The molecule has 0 bridgehead atoms. The summed E-state index contributed by atoms with van der Waals surface area (Å²) in [5.41, 5.74) is 0.548. The lowest BCUT2D eigenvalue weighted by molar-refractivity contribution is -0.106. The van der Waals surface area contributed by atoms with E-state index in [-0.39, 0.29) is 5.78 Å². The molecule has 0 aromatic heterocycles. The molecule has 0 aliphatic heterocycles. The second-order valence-corrected chi connectivity index (χ2v) is 3.25. The average Bonchev–Trinajstić information content (AvgIpc) is 2.17. The minimum Gasteiger partial charge on any atom is -0.302 e. The Morgan fingerprint density at radius 1 is 1.33 bits per heavy atom. The largest absolute Gasteiger partial charge is 0.302 e. The maximum Gasteiger partial charge on any atom is 0.183 e. The predicted octanol–water partition coefficient (Wildman–Crippen LogP) is 1.83. The number of Topliss-reactive ketones (excluding diaryl/α,β-unsaturated/α-hetero) is 1. The standard InChI is InChI=1S/C9H7BrO2/c10-8(6-11)9(12)7-4-2-1-3-5-7/h1-6,8H. The number of hydrogen-bond donors (Lipinski definition) is 0. The van der Waals surface area contributed by atoms with E-state index in [9.17, 15) is 9.59 Å². The van der Waals surface area contributed by atoms with Gasteiger partial charge in [-0.1, -0.05) is 46.3 Å². The van der Waals surface area contributed by atoms with Gasteiger partial charge in [-0.05, 0) is 0 Å². The van der Waals surface area contributed by atoms with Gasteiger partial charge in [0, 0.05) is 5.56 Å². The molecule has 0 saturated carbocycles. The van der Waals surface area contributed by atoms with Gasteiger partial charge in [-0.15, -0.1) is 0 Å². The molecule has 0 N–H and O–H groups in total. The number of benzene rings is 1. The molecule has 1 aromatic carbocycles. The predicted molar refractivity (Wildman–Crippen MR) is 49.6 cm³/mol. The molecular formula is C9H7BrO2. The maximum absolute atomic E-state index is 11.3. The van der Waals surface area contributed by atoms with Crippen molar-refractivity contribution in [2.24, 2.45) is 0 Å². The van der Waals surface area contributed by atoms with Crippen molar-refractivity contribution in [1.82, 2.24) is 0 Å². The molecule has 2 nitrogen and oxygen atoms in total. The zero-order chi connectivity index (χ0) is 8.97. The van der Waals surface area contributed by atoms with Crippen LogP contribution in [0.15, 0.2) is 30.3 Å². The van der Waals surface area contributed by atoms with Gasteiger partial charge < -0.3 is 4.79 Å². The first-order valence-electron chi connectivity index (χ1n) is 3.44. The summed E-state index contributed by atoms with van der Waals surface area (Å²) in [7, 11) is 0. The normalized spacial score (nSPS) is 12.1. The summed E-state index contributed by atoms with van der Waals surface area (Å²) >= 11 is 2.96.